The van der Waals surface area contributed by atoms with Gasteiger partial charge >= 0.3 is 6.11 Å². The molecular weight excluding hydrogens is 499 g/mol. The third-order valence-electron chi connectivity index (χ3n) is 3.58. The third-order valence-corrected chi connectivity index (χ3v) is 5.39. The molecule has 0 spiro atoms. The summed E-state index contributed by atoms with van der Waals surface area (Å²) in [4.78, 5) is 14.0. The number of hydrogen-bond acceptors (Lipinski definition) is 8. The van der Waals surface area contributed by atoms with Gasteiger partial charge in [0.15, 0.2) is 6.67 Å². The average molecular weight is 512 g/mol. The van der Waals surface area contributed by atoms with E-state index in [4.69, 9.17) is 9.47 Å². The molecule has 3 heterocycles. The second-order valence-electron chi connectivity index (χ2n) is 5.56. The summed E-state index contributed by atoms with van der Waals surface area (Å²) in [7, 11) is -2.12. The molecule has 0 saturated carbocycles. The summed E-state index contributed by atoms with van der Waals surface area (Å²) in [5.41, 5.74) is 0.304. The number of aromatic nitrogens is 4. The molecule has 0 aromatic carbocycles. The molecule has 0 aliphatic heterocycles. The summed E-state index contributed by atoms with van der Waals surface area (Å²) in [6, 6.07) is 3.07. The van der Waals surface area contributed by atoms with Gasteiger partial charge in [-0.1, -0.05) is 0 Å². The van der Waals surface area contributed by atoms with Crippen LogP contribution in [0.1, 0.15) is 0 Å². The van der Waals surface area contributed by atoms with Crippen molar-refractivity contribution in [3.63, 3.8) is 0 Å². The molecule has 0 fully saturated rings. The molecule has 0 bridgehead atoms. The lowest BCUT2D eigenvalue weighted by Crippen LogP contribution is -2.28. The topological polar surface area (TPSA) is 128 Å². The number of alkyl halides is 3. The van der Waals surface area contributed by atoms with Crippen LogP contribution in [-0.2, 0) is 10.0 Å². The van der Waals surface area contributed by atoms with Gasteiger partial charge in [0.05, 0.1) is 14.2 Å². The molecule has 0 atom stereocenters. The van der Waals surface area contributed by atoms with Gasteiger partial charge in [-0.25, -0.2) is 22.5 Å². The number of anilines is 1. The number of nitrogens with zero attached hydrogens (tertiary/aromatic N) is 3. The summed E-state index contributed by atoms with van der Waals surface area (Å²) >= 11 is 3.18. The van der Waals surface area contributed by atoms with Gasteiger partial charge in [-0.05, 0) is 28.1 Å². The molecule has 162 valence electrons. The van der Waals surface area contributed by atoms with E-state index in [9.17, 15) is 21.6 Å². The smallest absolute Gasteiger partial charge is 0.427 e. The maximum absolute atomic E-state index is 13.3. The molecule has 2 N–H and O–H groups in total. The number of ether oxygens (including phenoxy) is 3. The number of H-pyrrole nitrogens is 1. The summed E-state index contributed by atoms with van der Waals surface area (Å²) in [6.07, 6.45) is -2.99. The SMILES string of the molecule is COc1nc(NS(=O)(=O)c2c[nH]c3nc(Br)ccc23)nc(OC)c1OC(F)(F)CF. The fourth-order valence-electron chi connectivity index (χ4n) is 2.35. The molecule has 3 aromatic heterocycles. The quantitative estimate of drug-likeness (QED) is 0.441. The van der Waals surface area contributed by atoms with Gasteiger partial charge in [0.25, 0.3) is 21.8 Å². The zero-order valence-corrected chi connectivity index (χ0v) is 17.6. The van der Waals surface area contributed by atoms with Gasteiger partial charge in [0.2, 0.25) is 11.7 Å². The Bertz CT molecular complexity index is 1170. The first-order chi connectivity index (χ1) is 14.1. The zero-order valence-electron chi connectivity index (χ0n) is 15.2. The Kier molecular flexibility index (Phi) is 5.94. The van der Waals surface area contributed by atoms with Crippen LogP contribution < -0.4 is 18.9 Å². The summed E-state index contributed by atoms with van der Waals surface area (Å²) in [5, 5.41) is 0.284. The maximum Gasteiger partial charge on any atom is 0.427 e. The summed E-state index contributed by atoms with van der Waals surface area (Å²) < 4.78 is 81.2. The summed E-state index contributed by atoms with van der Waals surface area (Å²) in [6.45, 7) is -2.13. The molecule has 3 aromatic rings. The van der Waals surface area contributed by atoms with Crippen LogP contribution in [0.15, 0.2) is 27.8 Å². The van der Waals surface area contributed by atoms with E-state index in [0.717, 1.165) is 14.2 Å². The Morgan fingerprint density at radius 3 is 2.37 bits per heavy atom. The van der Waals surface area contributed by atoms with Crippen molar-refractivity contribution in [1.82, 2.24) is 19.9 Å². The van der Waals surface area contributed by atoms with E-state index in [-0.39, 0.29) is 10.3 Å². The maximum atomic E-state index is 13.3. The second kappa shape index (κ2) is 8.14. The predicted octanol–water partition coefficient (Wildman–Crippen LogP) is 2.87. The fraction of sp³-hybridized carbons (Fsp3) is 0.267. The standard InChI is InChI=1S/C15H13BrF3N5O5S/c1-27-12-10(29-15(18,19)6-17)13(28-2)23-14(22-12)24-30(25,26)8-5-20-11-7(8)3-4-9(16)21-11/h3-5H,6H2,1-2H3,(H,20,21)(H,22,23,24). The second-order valence-corrected chi connectivity index (χ2v) is 8.02. The Hall–Kier alpha value is -2.81. The molecule has 0 aliphatic carbocycles. The predicted molar refractivity (Wildman–Crippen MR) is 101 cm³/mol. The van der Waals surface area contributed by atoms with Crippen LogP contribution in [0, 0.1) is 0 Å². The molecule has 0 saturated heterocycles. The van der Waals surface area contributed by atoms with Crippen molar-refractivity contribution in [2.75, 3.05) is 25.6 Å². The van der Waals surface area contributed by atoms with Gasteiger partial charge < -0.3 is 19.2 Å². The number of methoxy groups -OCH3 is 2. The van der Waals surface area contributed by atoms with Crippen LogP contribution in [-0.4, -0.2) is 55.4 Å². The number of pyridine rings is 1. The van der Waals surface area contributed by atoms with Crippen LogP contribution in [0.5, 0.6) is 17.5 Å². The molecule has 30 heavy (non-hydrogen) atoms. The van der Waals surface area contributed by atoms with Crippen molar-refractivity contribution in [3.8, 4) is 17.5 Å². The van der Waals surface area contributed by atoms with Crippen molar-refractivity contribution in [3.05, 3.63) is 22.9 Å². The molecule has 0 radical (unpaired) electrons. The number of fused-ring (bicyclic) bond motifs is 1. The van der Waals surface area contributed by atoms with E-state index in [1.54, 1.807) is 6.07 Å². The normalized spacial score (nSPS) is 12.1. The Morgan fingerprint density at radius 1 is 1.17 bits per heavy atom. The van der Waals surface area contributed by atoms with Crippen molar-refractivity contribution in [2.45, 2.75) is 11.0 Å². The summed E-state index contributed by atoms with van der Waals surface area (Å²) in [5.74, 6) is -2.56. The number of rotatable bonds is 8. The number of halogens is 4. The van der Waals surface area contributed by atoms with Gasteiger partial charge in [-0.3, -0.25) is 0 Å². The molecule has 0 unspecified atom stereocenters. The van der Waals surface area contributed by atoms with E-state index in [1.165, 1.54) is 12.3 Å². The van der Waals surface area contributed by atoms with Crippen molar-refractivity contribution >= 4 is 42.9 Å². The van der Waals surface area contributed by atoms with E-state index in [0.29, 0.717) is 10.3 Å². The number of sulfonamides is 1. The molecule has 0 amide bonds. The fourth-order valence-corrected chi connectivity index (χ4v) is 3.77. The van der Waals surface area contributed by atoms with Gasteiger partial charge in [-0.2, -0.15) is 18.7 Å². The average Bonchev–Trinajstić information content (AvgIpc) is 3.12. The van der Waals surface area contributed by atoms with E-state index in [1.807, 2.05) is 0 Å². The minimum Gasteiger partial charge on any atom is -0.478 e. The minimum absolute atomic E-state index is 0.164. The molecule has 10 nitrogen and oxygen atoms in total. The first-order valence-corrected chi connectivity index (χ1v) is 10.2. The monoisotopic (exact) mass is 511 g/mol. The highest BCUT2D eigenvalue weighted by atomic mass is 79.9. The molecule has 0 aliphatic rings. The van der Waals surface area contributed by atoms with E-state index >= 15 is 0 Å². The molecule has 15 heteroatoms. The highest BCUT2D eigenvalue weighted by Crippen LogP contribution is 2.39. The highest BCUT2D eigenvalue weighted by Gasteiger charge is 2.36. The van der Waals surface area contributed by atoms with Crippen LogP contribution in [0.2, 0.25) is 0 Å². The van der Waals surface area contributed by atoms with Gasteiger partial charge in [0.1, 0.15) is 15.1 Å². The number of aromatic amines is 1. The number of hydrogen-bond donors (Lipinski definition) is 2. The lowest BCUT2D eigenvalue weighted by Gasteiger charge is -2.18. The van der Waals surface area contributed by atoms with Crippen LogP contribution in [0.3, 0.4) is 0 Å². The lowest BCUT2D eigenvalue weighted by molar-refractivity contribution is -0.188. The largest absolute Gasteiger partial charge is 0.478 e. The first kappa shape index (κ1) is 21.9. The Morgan fingerprint density at radius 2 is 1.80 bits per heavy atom. The molecule has 3 rings (SSSR count). The first-order valence-electron chi connectivity index (χ1n) is 7.89. The van der Waals surface area contributed by atoms with Crippen molar-refractivity contribution in [1.29, 1.82) is 0 Å². The van der Waals surface area contributed by atoms with Gasteiger partial charge in [-0.15, -0.1) is 0 Å². The van der Waals surface area contributed by atoms with E-state index < -0.39 is 46.3 Å². The highest BCUT2D eigenvalue weighted by molar-refractivity contribution is 9.10. The van der Waals surface area contributed by atoms with Crippen LogP contribution >= 0.6 is 15.9 Å². The lowest BCUT2D eigenvalue weighted by atomic mass is 10.3. The van der Waals surface area contributed by atoms with Crippen molar-refractivity contribution in [2.24, 2.45) is 0 Å². The Balaban J connectivity index is 2.01. The molecular formula is C15H13BrF3N5O5S. The third kappa shape index (κ3) is 4.35. The van der Waals surface area contributed by atoms with Crippen LogP contribution in [0.25, 0.3) is 11.0 Å². The van der Waals surface area contributed by atoms with Gasteiger partial charge in [0, 0.05) is 11.6 Å². The van der Waals surface area contributed by atoms with Crippen LogP contribution in [0.4, 0.5) is 19.1 Å². The zero-order chi connectivity index (χ0) is 22.1. The minimum atomic E-state index is -4.23. The van der Waals surface area contributed by atoms with E-state index in [2.05, 4.69) is 45.3 Å². The van der Waals surface area contributed by atoms with Crippen molar-refractivity contribution < 1.29 is 35.8 Å². The number of nitrogens with one attached hydrogen (secondary N) is 2. The Labute approximate surface area is 176 Å².